The molecule has 0 aliphatic carbocycles. The van der Waals surface area contributed by atoms with Gasteiger partial charge in [-0.2, -0.15) is 0 Å². The Morgan fingerprint density at radius 2 is 1.64 bits per heavy atom. The van der Waals surface area contributed by atoms with Crippen molar-refractivity contribution in [2.45, 2.75) is 26.5 Å². The summed E-state index contributed by atoms with van der Waals surface area (Å²) in [5.74, 6) is 0.642. The van der Waals surface area contributed by atoms with Gasteiger partial charge >= 0.3 is 0 Å². The van der Waals surface area contributed by atoms with Crippen LogP contribution >= 0.6 is 0 Å². The topological polar surface area (TPSA) is 21.3 Å². The highest BCUT2D eigenvalue weighted by atomic mass is 19.1. The molecule has 3 aromatic rings. The molecule has 0 aromatic heterocycles. The second kappa shape index (κ2) is 7.84. The van der Waals surface area contributed by atoms with Crippen LogP contribution in [0.2, 0.25) is 0 Å². The fourth-order valence-electron chi connectivity index (χ4n) is 2.67. The van der Waals surface area contributed by atoms with E-state index < -0.39 is 0 Å². The van der Waals surface area contributed by atoms with Gasteiger partial charge in [0, 0.05) is 17.3 Å². The minimum absolute atomic E-state index is 0.0728. The zero-order valence-electron chi connectivity index (χ0n) is 14.5. The Hall–Kier alpha value is -2.81. The Balaban J connectivity index is 1.62. The number of anilines is 1. The van der Waals surface area contributed by atoms with Crippen molar-refractivity contribution in [3.05, 3.63) is 95.3 Å². The first kappa shape index (κ1) is 17.0. The van der Waals surface area contributed by atoms with E-state index in [-0.39, 0.29) is 11.9 Å². The molecule has 0 aliphatic rings. The average Bonchev–Trinajstić information content (AvgIpc) is 2.65. The molecule has 3 rings (SSSR count). The fraction of sp³-hybridized carbons (Fsp3) is 0.182. The summed E-state index contributed by atoms with van der Waals surface area (Å²) < 4.78 is 19.5. The third-order valence-electron chi connectivity index (χ3n) is 4.27. The maximum absolute atomic E-state index is 13.7. The zero-order valence-corrected chi connectivity index (χ0v) is 14.5. The predicted molar refractivity (Wildman–Crippen MR) is 100 cm³/mol. The normalized spacial score (nSPS) is 11.8. The van der Waals surface area contributed by atoms with Crippen molar-refractivity contribution < 1.29 is 9.13 Å². The Bertz CT molecular complexity index is 815. The van der Waals surface area contributed by atoms with E-state index in [2.05, 4.69) is 12.2 Å². The minimum atomic E-state index is -0.193. The summed E-state index contributed by atoms with van der Waals surface area (Å²) >= 11 is 0. The highest BCUT2D eigenvalue weighted by Gasteiger charge is 2.09. The number of halogens is 1. The first-order valence-corrected chi connectivity index (χ1v) is 8.42. The lowest BCUT2D eigenvalue weighted by Crippen LogP contribution is -2.08. The smallest absolute Gasteiger partial charge is 0.128 e. The van der Waals surface area contributed by atoms with E-state index >= 15 is 0 Å². The molecule has 128 valence electrons. The van der Waals surface area contributed by atoms with Crippen LogP contribution in [-0.2, 0) is 6.61 Å². The van der Waals surface area contributed by atoms with Gasteiger partial charge in [0.1, 0.15) is 18.2 Å². The summed E-state index contributed by atoms with van der Waals surface area (Å²) in [6.45, 7) is 4.39. The predicted octanol–water partition coefficient (Wildman–Crippen LogP) is 5.89. The maximum atomic E-state index is 13.7. The molecule has 2 nitrogen and oxygen atoms in total. The van der Waals surface area contributed by atoms with E-state index in [1.807, 2.05) is 60.7 Å². The summed E-state index contributed by atoms with van der Waals surface area (Å²) in [5, 5.41) is 3.36. The fourth-order valence-corrected chi connectivity index (χ4v) is 2.67. The minimum Gasteiger partial charge on any atom is -0.489 e. The van der Waals surface area contributed by atoms with Crippen molar-refractivity contribution in [2.75, 3.05) is 5.32 Å². The number of hydrogen-bond acceptors (Lipinski definition) is 2. The van der Waals surface area contributed by atoms with Gasteiger partial charge in [-0.3, -0.25) is 0 Å². The third kappa shape index (κ3) is 4.38. The quantitative estimate of drug-likeness (QED) is 0.607. The molecule has 0 fully saturated rings. The Kier molecular flexibility index (Phi) is 5.34. The molecule has 1 unspecified atom stereocenters. The Morgan fingerprint density at radius 1 is 0.920 bits per heavy atom. The molecule has 0 spiro atoms. The standard InChI is InChI=1S/C22H22FNO/c1-16-21(23)9-6-10-22(16)24-17(2)19-11-13-20(14-12-19)25-15-18-7-4-3-5-8-18/h3-14,17,24H,15H2,1-2H3. The van der Waals surface area contributed by atoms with Gasteiger partial charge in [-0.25, -0.2) is 4.39 Å². The molecule has 1 atom stereocenters. The van der Waals surface area contributed by atoms with Gasteiger partial charge < -0.3 is 10.1 Å². The molecule has 0 saturated carbocycles. The van der Waals surface area contributed by atoms with Crippen LogP contribution in [-0.4, -0.2) is 0 Å². The molecule has 1 N–H and O–H groups in total. The number of rotatable bonds is 6. The van der Waals surface area contributed by atoms with E-state index in [9.17, 15) is 4.39 Å². The van der Waals surface area contributed by atoms with Crippen LogP contribution in [0.3, 0.4) is 0 Å². The van der Waals surface area contributed by atoms with Crippen LogP contribution in [0.4, 0.5) is 10.1 Å². The molecule has 0 bridgehead atoms. The van der Waals surface area contributed by atoms with Crippen molar-refractivity contribution >= 4 is 5.69 Å². The molecule has 3 aromatic carbocycles. The lowest BCUT2D eigenvalue weighted by molar-refractivity contribution is 0.306. The SMILES string of the molecule is Cc1c(F)cccc1NC(C)c1ccc(OCc2ccccc2)cc1. The highest BCUT2D eigenvalue weighted by molar-refractivity contribution is 5.52. The van der Waals surface area contributed by atoms with Gasteiger partial charge in [0.25, 0.3) is 0 Å². The van der Waals surface area contributed by atoms with Crippen molar-refractivity contribution in [3.8, 4) is 5.75 Å². The molecule has 0 radical (unpaired) electrons. The summed E-state index contributed by atoms with van der Waals surface area (Å²) in [6, 6.07) is 23.3. The second-order valence-electron chi connectivity index (χ2n) is 6.12. The Labute approximate surface area is 148 Å². The summed E-state index contributed by atoms with van der Waals surface area (Å²) in [7, 11) is 0. The van der Waals surface area contributed by atoms with Gasteiger partial charge in [-0.1, -0.05) is 48.5 Å². The molecule has 0 aliphatic heterocycles. The van der Waals surface area contributed by atoms with E-state index in [0.717, 1.165) is 22.6 Å². The van der Waals surface area contributed by atoms with Gasteiger partial charge in [-0.15, -0.1) is 0 Å². The zero-order chi connectivity index (χ0) is 17.6. The van der Waals surface area contributed by atoms with Gasteiger partial charge in [-0.05, 0) is 49.2 Å². The Morgan fingerprint density at radius 3 is 2.36 bits per heavy atom. The van der Waals surface area contributed by atoms with E-state index in [1.54, 1.807) is 13.0 Å². The number of ether oxygens (including phenoxy) is 1. The van der Waals surface area contributed by atoms with Crippen LogP contribution in [0.25, 0.3) is 0 Å². The van der Waals surface area contributed by atoms with E-state index in [4.69, 9.17) is 4.74 Å². The van der Waals surface area contributed by atoms with Crippen LogP contribution in [0.1, 0.15) is 29.7 Å². The molecule has 0 saturated heterocycles. The lowest BCUT2D eigenvalue weighted by Gasteiger charge is -2.18. The van der Waals surface area contributed by atoms with Crippen molar-refractivity contribution in [3.63, 3.8) is 0 Å². The summed E-state index contributed by atoms with van der Waals surface area (Å²) in [4.78, 5) is 0. The average molecular weight is 335 g/mol. The number of benzene rings is 3. The van der Waals surface area contributed by atoms with Crippen LogP contribution in [0.15, 0.2) is 72.8 Å². The molecule has 0 amide bonds. The molecule has 25 heavy (non-hydrogen) atoms. The maximum Gasteiger partial charge on any atom is 0.128 e. The first-order valence-electron chi connectivity index (χ1n) is 8.42. The van der Waals surface area contributed by atoms with Crippen molar-refractivity contribution in [1.29, 1.82) is 0 Å². The molecular weight excluding hydrogens is 313 g/mol. The highest BCUT2D eigenvalue weighted by Crippen LogP contribution is 2.25. The first-order chi connectivity index (χ1) is 12.1. The van der Waals surface area contributed by atoms with E-state index in [0.29, 0.717) is 12.2 Å². The van der Waals surface area contributed by atoms with Crippen LogP contribution in [0, 0.1) is 12.7 Å². The van der Waals surface area contributed by atoms with Crippen molar-refractivity contribution in [1.82, 2.24) is 0 Å². The number of hydrogen-bond donors (Lipinski definition) is 1. The summed E-state index contributed by atoms with van der Waals surface area (Å²) in [5.41, 5.74) is 3.72. The largest absolute Gasteiger partial charge is 0.489 e. The molecule has 3 heteroatoms. The van der Waals surface area contributed by atoms with Gasteiger partial charge in [0.05, 0.1) is 0 Å². The third-order valence-corrected chi connectivity index (χ3v) is 4.27. The molecule has 0 heterocycles. The van der Waals surface area contributed by atoms with Crippen LogP contribution in [0.5, 0.6) is 5.75 Å². The molecular formula is C22H22FNO. The lowest BCUT2D eigenvalue weighted by atomic mass is 10.1. The second-order valence-corrected chi connectivity index (χ2v) is 6.12. The monoisotopic (exact) mass is 335 g/mol. The van der Waals surface area contributed by atoms with Gasteiger partial charge in [0.2, 0.25) is 0 Å². The summed E-state index contributed by atoms with van der Waals surface area (Å²) in [6.07, 6.45) is 0. The van der Waals surface area contributed by atoms with Gasteiger partial charge in [0.15, 0.2) is 0 Å². The van der Waals surface area contributed by atoms with Crippen LogP contribution < -0.4 is 10.1 Å². The van der Waals surface area contributed by atoms with E-state index in [1.165, 1.54) is 6.07 Å². The number of nitrogens with one attached hydrogen (secondary N) is 1. The van der Waals surface area contributed by atoms with Crippen molar-refractivity contribution in [2.24, 2.45) is 0 Å².